The van der Waals surface area contributed by atoms with Gasteiger partial charge in [0, 0.05) is 18.3 Å². The first-order valence-electron chi connectivity index (χ1n) is 5.07. The number of nitrogens with one attached hydrogen (secondary N) is 2. The molecule has 3 N–H and O–H groups in total. The molecule has 1 atom stereocenters. The van der Waals surface area contributed by atoms with Crippen LogP contribution >= 0.6 is 0 Å². The lowest BCUT2D eigenvalue weighted by Gasteiger charge is -2.12. The van der Waals surface area contributed by atoms with Gasteiger partial charge in [-0.2, -0.15) is 0 Å². The van der Waals surface area contributed by atoms with Gasteiger partial charge in [-0.05, 0) is 0 Å². The number of amides is 1. The molecule has 2 heterocycles. The fraction of sp³-hybridized carbons (Fsp3) is 0.200. The second-order valence-corrected chi connectivity index (χ2v) is 3.56. The number of hydrogen-bond acceptors (Lipinski definition) is 5. The predicted octanol–water partition coefficient (Wildman–Crippen LogP) is -0.177. The Morgan fingerprint density at radius 2 is 2.33 bits per heavy atom. The van der Waals surface area contributed by atoms with Crippen LogP contribution in [0.25, 0.3) is 0 Å². The summed E-state index contributed by atoms with van der Waals surface area (Å²) >= 11 is 0. The van der Waals surface area contributed by atoms with Crippen molar-refractivity contribution in [3.63, 3.8) is 0 Å². The number of carboxylic acids is 1. The number of hydrogen-bond donors (Lipinski definition) is 3. The third kappa shape index (κ3) is 2.73. The lowest BCUT2D eigenvalue weighted by Crippen LogP contribution is -2.42. The third-order valence-corrected chi connectivity index (χ3v) is 2.28. The van der Waals surface area contributed by atoms with Gasteiger partial charge in [-0.1, -0.05) is 5.16 Å². The Morgan fingerprint density at radius 3 is 2.89 bits per heavy atom. The minimum Gasteiger partial charge on any atom is -0.480 e. The molecule has 0 unspecified atom stereocenters. The van der Waals surface area contributed by atoms with Gasteiger partial charge in [0.25, 0.3) is 5.91 Å². The summed E-state index contributed by atoms with van der Waals surface area (Å²) in [6.07, 6.45) is 5.42. The Morgan fingerprint density at radius 1 is 1.50 bits per heavy atom. The van der Waals surface area contributed by atoms with E-state index >= 15 is 0 Å². The largest absolute Gasteiger partial charge is 0.480 e. The van der Waals surface area contributed by atoms with Crippen LogP contribution in [0.4, 0.5) is 0 Å². The average molecular weight is 250 g/mol. The van der Waals surface area contributed by atoms with Gasteiger partial charge in [0.1, 0.15) is 12.3 Å². The molecule has 0 aliphatic carbocycles. The van der Waals surface area contributed by atoms with Crippen molar-refractivity contribution in [2.45, 2.75) is 12.5 Å². The first-order chi connectivity index (χ1) is 8.66. The lowest BCUT2D eigenvalue weighted by molar-refractivity contribution is -0.139. The molecule has 0 spiro atoms. The zero-order chi connectivity index (χ0) is 13.0. The summed E-state index contributed by atoms with van der Waals surface area (Å²) in [5.41, 5.74) is 0.791. The molecule has 94 valence electrons. The second kappa shape index (κ2) is 5.13. The van der Waals surface area contributed by atoms with Crippen molar-refractivity contribution in [2.24, 2.45) is 0 Å². The van der Waals surface area contributed by atoms with Gasteiger partial charge in [0.05, 0.1) is 18.1 Å². The van der Waals surface area contributed by atoms with Crippen LogP contribution < -0.4 is 5.32 Å². The summed E-state index contributed by atoms with van der Waals surface area (Å²) in [6, 6.07) is -1.05. The van der Waals surface area contributed by atoms with Gasteiger partial charge in [0.15, 0.2) is 0 Å². The van der Waals surface area contributed by atoms with Crippen molar-refractivity contribution >= 4 is 11.9 Å². The zero-order valence-corrected chi connectivity index (χ0v) is 9.16. The Bertz CT molecular complexity index is 520. The molecule has 8 nitrogen and oxygen atoms in total. The van der Waals surface area contributed by atoms with Crippen LogP contribution in [-0.2, 0) is 11.2 Å². The highest BCUT2D eigenvalue weighted by Crippen LogP contribution is 2.02. The van der Waals surface area contributed by atoms with Crippen molar-refractivity contribution in [1.82, 2.24) is 20.4 Å². The Balaban J connectivity index is 2.03. The van der Waals surface area contributed by atoms with Crippen molar-refractivity contribution in [3.8, 4) is 0 Å². The van der Waals surface area contributed by atoms with E-state index < -0.39 is 17.9 Å². The summed E-state index contributed by atoms with van der Waals surface area (Å²) in [6.45, 7) is 0. The van der Waals surface area contributed by atoms with E-state index in [0.717, 1.165) is 6.26 Å². The molecule has 1 amide bonds. The fourth-order valence-corrected chi connectivity index (χ4v) is 1.37. The number of H-pyrrole nitrogens is 1. The van der Waals surface area contributed by atoms with E-state index in [0.29, 0.717) is 5.69 Å². The van der Waals surface area contributed by atoms with Crippen LogP contribution in [0.1, 0.15) is 16.1 Å². The number of aliphatic carboxylic acids is 1. The number of nitrogens with zero attached hydrogens (tertiary/aromatic N) is 2. The molecular formula is C10H10N4O4. The highest BCUT2D eigenvalue weighted by molar-refractivity contribution is 5.96. The first kappa shape index (κ1) is 11.8. The Labute approximate surface area is 101 Å². The minimum atomic E-state index is -1.13. The summed E-state index contributed by atoms with van der Waals surface area (Å²) in [5.74, 6) is -1.68. The molecule has 0 fully saturated rings. The zero-order valence-electron chi connectivity index (χ0n) is 9.16. The standard InChI is InChI=1S/C10H10N4O4/c15-9(6-2-13-18-4-6)14-8(10(16)17)1-7-3-11-5-12-7/h2-5,8H,1H2,(H,11,12)(H,14,15)(H,16,17)/t8-/m0/s1. The monoisotopic (exact) mass is 250 g/mol. The van der Waals surface area contributed by atoms with E-state index in [4.69, 9.17) is 5.11 Å². The Kier molecular flexibility index (Phi) is 3.37. The maximum absolute atomic E-state index is 11.6. The van der Waals surface area contributed by atoms with Crippen LogP contribution in [0.15, 0.2) is 29.5 Å². The van der Waals surface area contributed by atoms with Crippen molar-refractivity contribution in [1.29, 1.82) is 0 Å². The van der Waals surface area contributed by atoms with Crippen molar-refractivity contribution in [2.75, 3.05) is 0 Å². The molecule has 0 aliphatic heterocycles. The molecule has 2 aromatic heterocycles. The molecular weight excluding hydrogens is 240 g/mol. The number of rotatable bonds is 5. The van der Waals surface area contributed by atoms with Gasteiger partial charge in [-0.3, -0.25) is 4.79 Å². The Hall–Kier alpha value is -2.64. The smallest absolute Gasteiger partial charge is 0.326 e. The highest BCUT2D eigenvalue weighted by atomic mass is 16.5. The minimum absolute atomic E-state index is 0.117. The molecule has 0 aromatic carbocycles. The molecule has 0 radical (unpaired) electrons. The van der Waals surface area contributed by atoms with Gasteiger partial charge in [-0.25, -0.2) is 9.78 Å². The predicted molar refractivity (Wildman–Crippen MR) is 57.7 cm³/mol. The van der Waals surface area contributed by atoms with Crippen LogP contribution in [-0.4, -0.2) is 38.1 Å². The third-order valence-electron chi connectivity index (χ3n) is 2.28. The summed E-state index contributed by atoms with van der Waals surface area (Å²) in [7, 11) is 0. The second-order valence-electron chi connectivity index (χ2n) is 3.56. The maximum atomic E-state index is 11.6. The maximum Gasteiger partial charge on any atom is 0.326 e. The summed E-state index contributed by atoms with van der Waals surface area (Å²) in [4.78, 5) is 29.2. The van der Waals surface area contributed by atoms with Gasteiger partial charge >= 0.3 is 5.97 Å². The van der Waals surface area contributed by atoms with E-state index in [1.165, 1.54) is 18.7 Å². The van der Waals surface area contributed by atoms with Crippen LogP contribution in [0.3, 0.4) is 0 Å². The summed E-state index contributed by atoms with van der Waals surface area (Å²) < 4.78 is 4.51. The number of imidazole rings is 1. The number of aromatic amines is 1. The molecule has 0 bridgehead atoms. The van der Waals surface area contributed by atoms with Crippen LogP contribution in [0.5, 0.6) is 0 Å². The topological polar surface area (TPSA) is 121 Å². The van der Waals surface area contributed by atoms with Crippen molar-refractivity contribution < 1.29 is 19.2 Å². The molecule has 2 rings (SSSR count). The molecule has 18 heavy (non-hydrogen) atoms. The fourth-order valence-electron chi connectivity index (χ4n) is 1.37. The van der Waals surface area contributed by atoms with E-state index in [1.807, 2.05) is 0 Å². The number of carbonyl (C=O) groups excluding carboxylic acids is 1. The van der Waals surface area contributed by atoms with E-state index in [-0.39, 0.29) is 12.0 Å². The van der Waals surface area contributed by atoms with Gasteiger partial charge < -0.3 is 19.9 Å². The number of aromatic nitrogens is 3. The van der Waals surface area contributed by atoms with Crippen molar-refractivity contribution in [3.05, 3.63) is 36.2 Å². The van der Waals surface area contributed by atoms with Gasteiger partial charge in [0.2, 0.25) is 0 Å². The summed E-state index contributed by atoms with van der Waals surface area (Å²) in [5, 5.41) is 14.8. The average Bonchev–Trinajstić information content (AvgIpc) is 3.00. The van der Waals surface area contributed by atoms with E-state index in [2.05, 4.69) is 25.0 Å². The first-order valence-corrected chi connectivity index (χ1v) is 5.07. The lowest BCUT2D eigenvalue weighted by atomic mass is 10.1. The molecule has 0 saturated carbocycles. The molecule has 0 saturated heterocycles. The number of carbonyl (C=O) groups is 2. The normalized spacial score (nSPS) is 12.0. The SMILES string of the molecule is O=C(N[C@@H](Cc1cnc[nH]1)C(=O)O)c1cnoc1. The number of carboxylic acid groups (broad SMARTS) is 1. The molecule has 2 aromatic rings. The molecule has 8 heteroatoms. The quantitative estimate of drug-likeness (QED) is 0.677. The van der Waals surface area contributed by atoms with E-state index in [1.54, 1.807) is 0 Å². The van der Waals surface area contributed by atoms with Crippen LogP contribution in [0.2, 0.25) is 0 Å². The highest BCUT2D eigenvalue weighted by Gasteiger charge is 2.22. The van der Waals surface area contributed by atoms with E-state index in [9.17, 15) is 9.59 Å². The van der Waals surface area contributed by atoms with Gasteiger partial charge in [-0.15, -0.1) is 0 Å². The molecule has 0 aliphatic rings. The van der Waals surface area contributed by atoms with Crippen LogP contribution in [0, 0.1) is 0 Å².